The van der Waals surface area contributed by atoms with E-state index in [4.69, 9.17) is 14.0 Å². The number of hydrogen-bond acceptors (Lipinski definition) is 9. The van der Waals surface area contributed by atoms with Gasteiger partial charge in [0.1, 0.15) is 12.4 Å². The first-order valence-electron chi connectivity index (χ1n) is 13.2. The number of benzene rings is 2. The largest absolute Gasteiger partial charge is 0.492 e. The highest BCUT2D eigenvalue weighted by Crippen LogP contribution is 2.24. The second-order valence-electron chi connectivity index (χ2n) is 9.21. The van der Waals surface area contributed by atoms with Gasteiger partial charge < -0.3 is 24.6 Å². The van der Waals surface area contributed by atoms with E-state index in [1.165, 1.54) is 0 Å². The minimum atomic E-state index is -0.428. The van der Waals surface area contributed by atoms with Gasteiger partial charge in [-0.1, -0.05) is 41.6 Å². The number of aromatic nitrogens is 2. The fourth-order valence-corrected chi connectivity index (χ4v) is 5.03. The summed E-state index contributed by atoms with van der Waals surface area (Å²) in [5, 5.41) is 11.6. The molecule has 2 amide bonds. The molecule has 1 aliphatic heterocycles. The topological polar surface area (TPSA) is 119 Å². The van der Waals surface area contributed by atoms with Crippen LogP contribution in [-0.2, 0) is 11.2 Å². The third kappa shape index (κ3) is 7.53. The molecule has 5 rings (SSSR count). The SMILES string of the molecule is O=C(NCCc1nc(C(=O)NCC(COc2ccccc2)N2CCOCC2)no1)c1ccc(-c2cccs2)cc1. The maximum atomic E-state index is 12.8. The molecule has 2 aromatic carbocycles. The predicted octanol–water partition coefficient (Wildman–Crippen LogP) is 3.28. The third-order valence-corrected chi connectivity index (χ3v) is 7.41. The summed E-state index contributed by atoms with van der Waals surface area (Å²) in [7, 11) is 0. The molecular formula is C29H31N5O5S. The van der Waals surface area contributed by atoms with E-state index in [-0.39, 0.29) is 23.7 Å². The maximum Gasteiger partial charge on any atom is 0.292 e. The Bertz CT molecular complexity index is 1360. The van der Waals surface area contributed by atoms with E-state index in [9.17, 15) is 9.59 Å². The molecule has 1 fully saturated rings. The van der Waals surface area contributed by atoms with E-state index < -0.39 is 5.91 Å². The normalized spacial score (nSPS) is 14.4. The van der Waals surface area contributed by atoms with Gasteiger partial charge in [0, 0.05) is 43.0 Å². The lowest BCUT2D eigenvalue weighted by atomic mass is 10.1. The molecule has 10 nitrogen and oxygen atoms in total. The number of morpholine rings is 1. The molecular weight excluding hydrogens is 530 g/mol. The average Bonchev–Trinajstić information content (AvgIpc) is 3.71. The van der Waals surface area contributed by atoms with Crippen molar-refractivity contribution in [3.63, 3.8) is 0 Å². The third-order valence-electron chi connectivity index (χ3n) is 6.49. The standard InChI is InChI=1S/C29H31N5O5S/c35-28(22-10-8-21(9-11-22)25-7-4-18-40-25)30-13-12-26-32-27(33-39-26)29(36)31-19-23(34-14-16-37-17-15-34)20-38-24-5-2-1-3-6-24/h1-11,18,23H,12-17,19-20H2,(H,30,35)(H,31,36). The maximum absolute atomic E-state index is 12.8. The summed E-state index contributed by atoms with van der Waals surface area (Å²) >= 11 is 1.65. The van der Waals surface area contributed by atoms with Gasteiger partial charge in [0.15, 0.2) is 0 Å². The lowest BCUT2D eigenvalue weighted by Gasteiger charge is -2.34. The predicted molar refractivity (Wildman–Crippen MR) is 151 cm³/mol. The first-order chi connectivity index (χ1) is 19.7. The highest BCUT2D eigenvalue weighted by molar-refractivity contribution is 7.13. The fourth-order valence-electron chi connectivity index (χ4n) is 4.30. The highest BCUT2D eigenvalue weighted by Gasteiger charge is 2.24. The second kappa shape index (κ2) is 13.8. The molecule has 1 aliphatic rings. The van der Waals surface area contributed by atoms with Gasteiger partial charge in [-0.3, -0.25) is 14.5 Å². The summed E-state index contributed by atoms with van der Waals surface area (Å²) < 4.78 is 16.7. The van der Waals surface area contributed by atoms with Crippen molar-refractivity contribution in [2.45, 2.75) is 12.5 Å². The van der Waals surface area contributed by atoms with Gasteiger partial charge in [-0.05, 0) is 41.3 Å². The van der Waals surface area contributed by atoms with E-state index in [1.807, 2.05) is 60.0 Å². The Morgan fingerprint density at radius 3 is 2.52 bits per heavy atom. The van der Waals surface area contributed by atoms with Crippen molar-refractivity contribution in [3.05, 3.63) is 89.4 Å². The second-order valence-corrected chi connectivity index (χ2v) is 10.2. The first kappa shape index (κ1) is 27.5. The summed E-state index contributed by atoms with van der Waals surface area (Å²) in [6.45, 7) is 3.87. The fraction of sp³-hybridized carbons (Fsp3) is 0.310. The molecule has 2 N–H and O–H groups in total. The number of hydrogen-bond donors (Lipinski definition) is 2. The zero-order valence-corrected chi connectivity index (χ0v) is 22.8. The summed E-state index contributed by atoms with van der Waals surface area (Å²) in [6.07, 6.45) is 0.306. The molecule has 0 bridgehead atoms. The number of para-hydroxylation sites is 1. The minimum Gasteiger partial charge on any atom is -0.492 e. The number of thiophene rings is 1. The Labute approximate surface area is 236 Å². The zero-order chi connectivity index (χ0) is 27.6. The number of amides is 2. The van der Waals surface area contributed by atoms with Crippen molar-refractivity contribution in [1.29, 1.82) is 0 Å². The molecule has 1 saturated heterocycles. The number of rotatable bonds is 12. The van der Waals surface area contributed by atoms with E-state index in [0.29, 0.717) is 44.9 Å². The lowest BCUT2D eigenvalue weighted by molar-refractivity contribution is 0.00641. The van der Waals surface area contributed by atoms with E-state index >= 15 is 0 Å². The van der Waals surface area contributed by atoms with Crippen LogP contribution in [-0.4, -0.2) is 78.9 Å². The number of ether oxygens (including phenoxy) is 2. The van der Waals surface area contributed by atoms with Crippen molar-refractivity contribution in [2.24, 2.45) is 0 Å². The van der Waals surface area contributed by atoms with Crippen LogP contribution < -0.4 is 15.4 Å². The number of nitrogens with one attached hydrogen (secondary N) is 2. The molecule has 1 atom stereocenters. The summed E-state index contributed by atoms with van der Waals surface area (Å²) in [5.41, 5.74) is 1.64. The van der Waals surface area contributed by atoms with Gasteiger partial charge in [-0.15, -0.1) is 11.3 Å². The van der Waals surface area contributed by atoms with Crippen LogP contribution in [0, 0.1) is 0 Å². The molecule has 0 aliphatic carbocycles. The van der Waals surface area contributed by atoms with Crippen LogP contribution >= 0.6 is 11.3 Å². The molecule has 2 aromatic heterocycles. The van der Waals surface area contributed by atoms with Gasteiger partial charge in [0.05, 0.1) is 19.3 Å². The number of carbonyl (C=O) groups excluding carboxylic acids is 2. The van der Waals surface area contributed by atoms with Crippen LogP contribution in [0.2, 0.25) is 0 Å². The van der Waals surface area contributed by atoms with Gasteiger partial charge in [0.2, 0.25) is 5.89 Å². The Hall–Kier alpha value is -4.06. The smallest absolute Gasteiger partial charge is 0.292 e. The van der Waals surface area contributed by atoms with E-state index in [2.05, 4.69) is 25.7 Å². The Morgan fingerprint density at radius 1 is 0.975 bits per heavy atom. The first-order valence-corrected chi connectivity index (χ1v) is 14.1. The van der Waals surface area contributed by atoms with Crippen molar-refractivity contribution >= 4 is 23.2 Å². The molecule has 40 heavy (non-hydrogen) atoms. The number of nitrogens with zero attached hydrogens (tertiary/aromatic N) is 3. The van der Waals surface area contributed by atoms with Gasteiger partial charge in [0.25, 0.3) is 17.6 Å². The van der Waals surface area contributed by atoms with Crippen LogP contribution in [0.25, 0.3) is 10.4 Å². The van der Waals surface area contributed by atoms with Gasteiger partial charge in [-0.25, -0.2) is 0 Å². The Morgan fingerprint density at radius 2 is 1.77 bits per heavy atom. The van der Waals surface area contributed by atoms with E-state index in [1.54, 1.807) is 23.5 Å². The molecule has 3 heterocycles. The molecule has 4 aromatic rings. The lowest BCUT2D eigenvalue weighted by Crippen LogP contribution is -2.51. The molecule has 0 spiro atoms. The van der Waals surface area contributed by atoms with Crippen LogP contribution in [0.15, 0.2) is 76.6 Å². The van der Waals surface area contributed by atoms with Crippen LogP contribution in [0.3, 0.4) is 0 Å². The molecule has 1 unspecified atom stereocenters. The monoisotopic (exact) mass is 561 g/mol. The average molecular weight is 562 g/mol. The number of carbonyl (C=O) groups is 2. The Balaban J connectivity index is 1.08. The van der Waals surface area contributed by atoms with E-state index in [0.717, 1.165) is 29.3 Å². The van der Waals surface area contributed by atoms with Crippen LogP contribution in [0.4, 0.5) is 0 Å². The molecule has 0 radical (unpaired) electrons. The van der Waals surface area contributed by atoms with Gasteiger partial charge in [-0.2, -0.15) is 4.98 Å². The van der Waals surface area contributed by atoms with Crippen molar-refractivity contribution in [2.75, 3.05) is 46.0 Å². The summed E-state index contributed by atoms with van der Waals surface area (Å²) in [5.74, 6) is 0.383. The Kier molecular flexibility index (Phi) is 9.51. The van der Waals surface area contributed by atoms with Crippen molar-refractivity contribution in [1.82, 2.24) is 25.7 Å². The highest BCUT2D eigenvalue weighted by atomic mass is 32.1. The minimum absolute atomic E-state index is 0.0461. The van der Waals surface area contributed by atoms with Crippen LogP contribution in [0.5, 0.6) is 5.75 Å². The summed E-state index contributed by atoms with van der Waals surface area (Å²) in [4.78, 5) is 32.9. The molecule has 11 heteroatoms. The van der Waals surface area contributed by atoms with Gasteiger partial charge >= 0.3 is 0 Å². The molecule has 208 valence electrons. The van der Waals surface area contributed by atoms with Crippen molar-refractivity contribution < 1.29 is 23.6 Å². The van der Waals surface area contributed by atoms with Crippen molar-refractivity contribution in [3.8, 4) is 16.2 Å². The molecule has 0 saturated carbocycles. The zero-order valence-electron chi connectivity index (χ0n) is 22.0. The summed E-state index contributed by atoms with van der Waals surface area (Å²) in [6, 6.07) is 21.0. The quantitative estimate of drug-likeness (QED) is 0.271. The van der Waals surface area contributed by atoms with Crippen LogP contribution in [0.1, 0.15) is 26.9 Å².